The van der Waals surface area contributed by atoms with Gasteiger partial charge in [0.15, 0.2) is 0 Å². The van der Waals surface area contributed by atoms with Crippen molar-refractivity contribution in [3.8, 4) is 0 Å². The van der Waals surface area contributed by atoms with Crippen molar-refractivity contribution in [2.45, 2.75) is 33.4 Å². The minimum absolute atomic E-state index is 0.0737. The zero-order valence-corrected chi connectivity index (χ0v) is 8.36. The van der Waals surface area contributed by atoms with Crippen LogP contribution >= 0.6 is 0 Å². The second-order valence-electron chi connectivity index (χ2n) is 3.55. The number of allylic oxidation sites excluding steroid dienone is 1. The third-order valence-electron chi connectivity index (χ3n) is 2.74. The van der Waals surface area contributed by atoms with E-state index in [2.05, 4.69) is 6.58 Å². The Morgan fingerprint density at radius 1 is 1.31 bits per heavy atom. The first-order valence-corrected chi connectivity index (χ1v) is 4.53. The molecule has 0 saturated heterocycles. The lowest BCUT2D eigenvalue weighted by Gasteiger charge is -2.27. The molecule has 0 fully saturated rings. The van der Waals surface area contributed by atoms with Gasteiger partial charge in [-0.05, 0) is 11.8 Å². The molecule has 0 aromatic carbocycles. The molecule has 0 rings (SSSR count). The van der Waals surface area contributed by atoms with Gasteiger partial charge < -0.3 is 0 Å². The molecule has 0 aliphatic carbocycles. The van der Waals surface area contributed by atoms with E-state index >= 15 is 0 Å². The minimum atomic E-state index is -4.15. The summed E-state index contributed by atoms with van der Waals surface area (Å²) in [4.78, 5) is 0. The van der Waals surface area contributed by atoms with E-state index in [-0.39, 0.29) is 11.8 Å². The highest BCUT2D eigenvalue weighted by atomic mass is 19.4. The highest BCUT2D eigenvalue weighted by molar-refractivity contribution is 4.89. The van der Waals surface area contributed by atoms with Crippen LogP contribution in [-0.4, -0.2) is 6.18 Å². The molecule has 0 saturated carbocycles. The third-order valence-corrected chi connectivity index (χ3v) is 2.74. The molecule has 0 N–H and O–H groups in total. The van der Waals surface area contributed by atoms with Crippen molar-refractivity contribution < 1.29 is 13.2 Å². The second-order valence-corrected chi connectivity index (χ2v) is 3.55. The Bertz CT molecular complexity index is 160. The quantitative estimate of drug-likeness (QED) is 0.592. The van der Waals surface area contributed by atoms with Crippen molar-refractivity contribution in [2.24, 2.45) is 17.8 Å². The smallest absolute Gasteiger partial charge is 0.170 e. The lowest BCUT2D eigenvalue weighted by atomic mass is 9.82. The van der Waals surface area contributed by atoms with Crippen LogP contribution in [0.15, 0.2) is 12.7 Å². The van der Waals surface area contributed by atoms with E-state index in [0.29, 0.717) is 0 Å². The summed E-state index contributed by atoms with van der Waals surface area (Å²) in [5, 5.41) is 0. The Balaban J connectivity index is 4.49. The Kier molecular flexibility index (Phi) is 4.51. The molecule has 3 atom stereocenters. The largest absolute Gasteiger partial charge is 0.395 e. The highest BCUT2D eigenvalue weighted by Gasteiger charge is 2.41. The fourth-order valence-electron chi connectivity index (χ4n) is 1.37. The van der Waals surface area contributed by atoms with Crippen LogP contribution in [0.2, 0.25) is 0 Å². The van der Waals surface area contributed by atoms with Gasteiger partial charge in [-0.3, -0.25) is 0 Å². The van der Waals surface area contributed by atoms with E-state index in [0.717, 1.165) is 12.5 Å². The van der Waals surface area contributed by atoms with E-state index in [4.69, 9.17) is 0 Å². The van der Waals surface area contributed by atoms with Crippen LogP contribution in [0.1, 0.15) is 27.2 Å². The Morgan fingerprint density at radius 2 is 1.77 bits per heavy atom. The molecule has 0 spiro atoms. The van der Waals surface area contributed by atoms with E-state index in [1.807, 2.05) is 13.8 Å². The summed E-state index contributed by atoms with van der Waals surface area (Å²) in [5.74, 6) is -1.69. The van der Waals surface area contributed by atoms with E-state index in [1.54, 1.807) is 6.92 Å². The number of rotatable bonds is 4. The van der Waals surface area contributed by atoms with Crippen LogP contribution in [0.4, 0.5) is 13.2 Å². The van der Waals surface area contributed by atoms with E-state index < -0.39 is 12.1 Å². The first kappa shape index (κ1) is 12.5. The Morgan fingerprint density at radius 3 is 2.00 bits per heavy atom. The molecule has 0 aliphatic heterocycles. The molecule has 0 aromatic rings. The maximum Gasteiger partial charge on any atom is 0.395 e. The molecule has 0 aromatic heterocycles. The fourth-order valence-corrected chi connectivity index (χ4v) is 1.37. The van der Waals surface area contributed by atoms with Crippen LogP contribution in [0, 0.1) is 17.8 Å². The first-order chi connectivity index (χ1) is 5.84. The van der Waals surface area contributed by atoms with Gasteiger partial charge in [0.2, 0.25) is 0 Å². The standard InChI is InChI=1S/C10H17F3/c1-5-7(3)8(4)9(6-2)10(11,12)13/h6-9H,2,5H2,1,3-4H3/t7-,8-,9?/m1/s1. The lowest BCUT2D eigenvalue weighted by molar-refractivity contribution is -0.176. The second kappa shape index (κ2) is 4.68. The molecule has 0 bridgehead atoms. The molecule has 0 amide bonds. The third kappa shape index (κ3) is 3.41. The summed E-state index contributed by atoms with van der Waals surface area (Å²) in [5.41, 5.74) is 0. The molecular weight excluding hydrogens is 177 g/mol. The number of alkyl halides is 3. The Labute approximate surface area is 77.8 Å². The molecule has 0 aliphatic rings. The van der Waals surface area contributed by atoms with Crippen molar-refractivity contribution in [1.82, 2.24) is 0 Å². The summed E-state index contributed by atoms with van der Waals surface area (Å²) in [6.45, 7) is 8.62. The summed E-state index contributed by atoms with van der Waals surface area (Å²) in [7, 11) is 0. The van der Waals surface area contributed by atoms with Crippen molar-refractivity contribution >= 4 is 0 Å². The van der Waals surface area contributed by atoms with Crippen molar-refractivity contribution in [1.29, 1.82) is 0 Å². The molecule has 3 heteroatoms. The van der Waals surface area contributed by atoms with Gasteiger partial charge in [0.25, 0.3) is 0 Å². The predicted octanol–water partition coefficient (Wildman–Crippen LogP) is 4.03. The van der Waals surface area contributed by atoms with Crippen LogP contribution in [0.25, 0.3) is 0 Å². The van der Waals surface area contributed by atoms with Crippen molar-refractivity contribution in [3.63, 3.8) is 0 Å². The van der Waals surface area contributed by atoms with Crippen molar-refractivity contribution in [3.05, 3.63) is 12.7 Å². The van der Waals surface area contributed by atoms with Gasteiger partial charge in [0, 0.05) is 0 Å². The molecule has 0 heterocycles. The monoisotopic (exact) mass is 194 g/mol. The van der Waals surface area contributed by atoms with Gasteiger partial charge in [0.05, 0.1) is 5.92 Å². The summed E-state index contributed by atoms with van der Waals surface area (Å²) in [6, 6.07) is 0. The normalized spacial score (nSPS) is 19.2. The minimum Gasteiger partial charge on any atom is -0.170 e. The average molecular weight is 194 g/mol. The van der Waals surface area contributed by atoms with Gasteiger partial charge in [-0.25, -0.2) is 0 Å². The van der Waals surface area contributed by atoms with Gasteiger partial charge >= 0.3 is 6.18 Å². The summed E-state index contributed by atoms with van der Waals surface area (Å²) in [6.07, 6.45) is -2.37. The lowest BCUT2D eigenvalue weighted by Crippen LogP contribution is -2.30. The summed E-state index contributed by atoms with van der Waals surface area (Å²) >= 11 is 0. The van der Waals surface area contributed by atoms with Crippen LogP contribution in [0.3, 0.4) is 0 Å². The highest BCUT2D eigenvalue weighted by Crippen LogP contribution is 2.36. The molecule has 1 unspecified atom stereocenters. The summed E-state index contributed by atoms with van der Waals surface area (Å²) < 4.78 is 37.2. The fraction of sp³-hybridized carbons (Fsp3) is 0.800. The van der Waals surface area contributed by atoms with Crippen molar-refractivity contribution in [2.75, 3.05) is 0 Å². The maximum atomic E-state index is 12.4. The number of hydrogen-bond donors (Lipinski definition) is 0. The van der Waals surface area contributed by atoms with Crippen LogP contribution in [0.5, 0.6) is 0 Å². The van der Waals surface area contributed by atoms with E-state index in [9.17, 15) is 13.2 Å². The van der Waals surface area contributed by atoms with Crippen LogP contribution < -0.4 is 0 Å². The van der Waals surface area contributed by atoms with Crippen LogP contribution in [-0.2, 0) is 0 Å². The maximum absolute atomic E-state index is 12.4. The average Bonchev–Trinajstić information content (AvgIpc) is 2.01. The van der Waals surface area contributed by atoms with Gasteiger partial charge in [-0.1, -0.05) is 33.3 Å². The first-order valence-electron chi connectivity index (χ1n) is 4.53. The predicted molar refractivity (Wildman–Crippen MR) is 48.4 cm³/mol. The molecule has 13 heavy (non-hydrogen) atoms. The zero-order valence-electron chi connectivity index (χ0n) is 8.36. The SMILES string of the molecule is C=CC([C@H](C)[C@H](C)CC)C(F)(F)F. The van der Waals surface area contributed by atoms with Gasteiger partial charge in [-0.2, -0.15) is 13.2 Å². The van der Waals surface area contributed by atoms with Gasteiger partial charge in [-0.15, -0.1) is 6.58 Å². The molecule has 0 nitrogen and oxygen atoms in total. The molecule has 0 radical (unpaired) electrons. The molecular formula is C10H17F3. The molecule has 78 valence electrons. The number of halogens is 3. The van der Waals surface area contributed by atoms with E-state index in [1.165, 1.54) is 0 Å². The number of hydrogen-bond acceptors (Lipinski definition) is 0. The topological polar surface area (TPSA) is 0 Å². The zero-order chi connectivity index (χ0) is 10.6. The Hall–Kier alpha value is -0.470. The van der Waals surface area contributed by atoms with Gasteiger partial charge in [0.1, 0.15) is 0 Å².